The Morgan fingerprint density at radius 2 is 0.500 bits per heavy atom. The van der Waals surface area contributed by atoms with E-state index in [0.717, 1.165) is 11.8 Å². The molecule has 1 nitrogen and oxygen atoms in total. The van der Waals surface area contributed by atoms with Gasteiger partial charge in [0.2, 0.25) is 0 Å². The van der Waals surface area contributed by atoms with Gasteiger partial charge in [-0.1, -0.05) is 214 Å². The molecular formula is C41H85N. The molecule has 0 bridgehead atoms. The first-order valence-electron chi connectivity index (χ1n) is 20.3. The molecule has 0 N–H and O–H groups in total. The predicted molar refractivity (Wildman–Crippen MR) is 195 cm³/mol. The fourth-order valence-corrected chi connectivity index (χ4v) is 6.59. The van der Waals surface area contributed by atoms with Crippen LogP contribution < -0.4 is 0 Å². The molecule has 0 rings (SSSR count). The quantitative estimate of drug-likeness (QED) is 0.0655. The zero-order chi connectivity index (χ0) is 30.8. The van der Waals surface area contributed by atoms with Crippen LogP contribution in [-0.2, 0) is 0 Å². The van der Waals surface area contributed by atoms with Crippen molar-refractivity contribution in [1.29, 1.82) is 0 Å². The third-order valence-corrected chi connectivity index (χ3v) is 9.59. The highest BCUT2D eigenvalue weighted by Gasteiger charge is 2.05. The topological polar surface area (TPSA) is 3.24 Å². The van der Waals surface area contributed by atoms with Crippen LogP contribution in [0.4, 0.5) is 0 Å². The maximum Gasteiger partial charge on any atom is -0.00187 e. The summed E-state index contributed by atoms with van der Waals surface area (Å²) in [6.07, 6.45) is 45.2. The van der Waals surface area contributed by atoms with Crippen LogP contribution in [0.1, 0.15) is 234 Å². The zero-order valence-electron chi connectivity index (χ0n) is 30.6. The lowest BCUT2D eigenvalue weighted by Gasteiger charge is -2.22. The largest absolute Gasteiger partial charge is 0.303 e. The lowest BCUT2D eigenvalue weighted by atomic mass is 10.0. The van der Waals surface area contributed by atoms with E-state index >= 15 is 0 Å². The Kier molecular flexibility index (Phi) is 35.4. The Morgan fingerprint density at radius 1 is 0.286 bits per heavy atom. The van der Waals surface area contributed by atoms with E-state index in [1.54, 1.807) is 0 Å². The normalized spacial score (nSPS) is 12.0. The molecule has 0 aromatic rings. The van der Waals surface area contributed by atoms with E-state index < -0.39 is 0 Å². The highest BCUT2D eigenvalue weighted by molar-refractivity contribution is 4.61. The smallest absolute Gasteiger partial charge is 0.00187 e. The van der Waals surface area contributed by atoms with Gasteiger partial charge in [-0.15, -0.1) is 0 Å². The van der Waals surface area contributed by atoms with Crippen LogP contribution in [0.2, 0.25) is 0 Å². The average Bonchev–Trinajstić information content (AvgIpc) is 2.96. The van der Waals surface area contributed by atoms with Gasteiger partial charge in [-0.25, -0.2) is 0 Å². The summed E-state index contributed by atoms with van der Waals surface area (Å²) in [6.45, 7) is 15.8. The molecule has 0 unspecified atom stereocenters. The molecule has 0 atom stereocenters. The Morgan fingerprint density at radius 3 is 0.738 bits per heavy atom. The van der Waals surface area contributed by atoms with Gasteiger partial charge in [0.1, 0.15) is 0 Å². The number of hydrogen-bond donors (Lipinski definition) is 0. The molecule has 0 aliphatic carbocycles. The monoisotopic (exact) mass is 592 g/mol. The van der Waals surface area contributed by atoms with Crippen molar-refractivity contribution in [3.05, 3.63) is 0 Å². The molecule has 0 radical (unpaired) electrons. The first-order valence-corrected chi connectivity index (χ1v) is 20.3. The summed E-state index contributed by atoms with van der Waals surface area (Å²) in [7, 11) is 0. The van der Waals surface area contributed by atoms with E-state index in [1.165, 1.54) is 219 Å². The van der Waals surface area contributed by atoms with E-state index in [2.05, 4.69) is 39.5 Å². The maximum atomic E-state index is 2.84. The van der Waals surface area contributed by atoms with Crippen LogP contribution in [0, 0.1) is 11.8 Å². The van der Waals surface area contributed by atoms with Gasteiger partial charge in [-0.3, -0.25) is 0 Å². The molecule has 0 saturated heterocycles. The van der Waals surface area contributed by atoms with Crippen molar-refractivity contribution >= 4 is 0 Å². The van der Waals surface area contributed by atoms with Gasteiger partial charge in [0.25, 0.3) is 0 Å². The first kappa shape index (κ1) is 42.0. The van der Waals surface area contributed by atoms with Crippen molar-refractivity contribution in [2.45, 2.75) is 234 Å². The van der Waals surface area contributed by atoms with Crippen molar-refractivity contribution in [3.8, 4) is 0 Å². The summed E-state index contributed by atoms with van der Waals surface area (Å²) in [4.78, 5) is 2.84. The second kappa shape index (κ2) is 35.4. The van der Waals surface area contributed by atoms with E-state index in [4.69, 9.17) is 0 Å². The standard InChI is InChI=1S/C41H85N/c1-6-7-8-27-32-37-42(38-33-28-23-19-15-11-9-13-17-21-25-30-35-40(2)3)39-34-29-24-20-16-12-10-14-18-22-26-31-36-41(4)5/h40-41H,6-39H2,1-5H3. The molecule has 0 fully saturated rings. The van der Waals surface area contributed by atoms with Crippen LogP contribution in [0.25, 0.3) is 0 Å². The van der Waals surface area contributed by atoms with Crippen LogP contribution in [-0.4, -0.2) is 24.5 Å². The van der Waals surface area contributed by atoms with E-state index in [1.807, 2.05) is 0 Å². The van der Waals surface area contributed by atoms with Gasteiger partial charge < -0.3 is 4.90 Å². The summed E-state index contributed by atoms with van der Waals surface area (Å²) < 4.78 is 0. The summed E-state index contributed by atoms with van der Waals surface area (Å²) in [5.74, 6) is 1.78. The van der Waals surface area contributed by atoms with E-state index in [0.29, 0.717) is 0 Å². The highest BCUT2D eigenvalue weighted by atomic mass is 15.1. The molecule has 254 valence electrons. The first-order chi connectivity index (χ1) is 20.6. The van der Waals surface area contributed by atoms with Crippen LogP contribution in [0.5, 0.6) is 0 Å². The molecule has 0 amide bonds. The number of nitrogens with zero attached hydrogens (tertiary/aromatic N) is 1. The van der Waals surface area contributed by atoms with Crippen molar-refractivity contribution in [2.75, 3.05) is 19.6 Å². The molecule has 42 heavy (non-hydrogen) atoms. The molecule has 0 aliphatic heterocycles. The van der Waals surface area contributed by atoms with Gasteiger partial charge >= 0.3 is 0 Å². The van der Waals surface area contributed by atoms with Crippen LogP contribution in [0.3, 0.4) is 0 Å². The summed E-state index contributed by atoms with van der Waals surface area (Å²) in [5.41, 5.74) is 0. The molecule has 0 aromatic carbocycles. The Labute approximate surface area is 269 Å². The van der Waals surface area contributed by atoms with Crippen LogP contribution in [0.15, 0.2) is 0 Å². The summed E-state index contributed by atoms with van der Waals surface area (Å²) >= 11 is 0. The minimum Gasteiger partial charge on any atom is -0.303 e. The second-order valence-electron chi connectivity index (χ2n) is 15.1. The maximum absolute atomic E-state index is 2.84. The fourth-order valence-electron chi connectivity index (χ4n) is 6.59. The van der Waals surface area contributed by atoms with Gasteiger partial charge in [0.05, 0.1) is 0 Å². The van der Waals surface area contributed by atoms with Crippen molar-refractivity contribution in [1.82, 2.24) is 4.90 Å². The van der Waals surface area contributed by atoms with Gasteiger partial charge in [0, 0.05) is 0 Å². The lowest BCUT2D eigenvalue weighted by molar-refractivity contribution is 0.254. The van der Waals surface area contributed by atoms with E-state index in [9.17, 15) is 0 Å². The SMILES string of the molecule is CCCCCCCN(CCCCCCCCCCCCCCC(C)C)CCCCCCCCCCCCCCC(C)C. The third-order valence-electron chi connectivity index (χ3n) is 9.59. The molecule has 0 spiro atoms. The molecule has 0 aliphatic rings. The zero-order valence-corrected chi connectivity index (χ0v) is 30.6. The Hall–Kier alpha value is -0.0400. The van der Waals surface area contributed by atoms with Gasteiger partial charge in [-0.05, 0) is 50.7 Å². The Balaban J connectivity index is 3.70. The fraction of sp³-hybridized carbons (Fsp3) is 1.00. The number of unbranched alkanes of at least 4 members (excludes halogenated alkanes) is 26. The predicted octanol–water partition coefficient (Wildman–Crippen LogP) is 14.7. The molecule has 0 saturated carbocycles. The summed E-state index contributed by atoms with van der Waals surface area (Å²) in [6, 6.07) is 0. The van der Waals surface area contributed by atoms with Crippen LogP contribution >= 0.6 is 0 Å². The minimum atomic E-state index is 0.891. The van der Waals surface area contributed by atoms with Gasteiger partial charge in [0.15, 0.2) is 0 Å². The average molecular weight is 592 g/mol. The molecular weight excluding hydrogens is 506 g/mol. The van der Waals surface area contributed by atoms with E-state index in [-0.39, 0.29) is 0 Å². The van der Waals surface area contributed by atoms with Crippen molar-refractivity contribution < 1.29 is 0 Å². The number of rotatable bonds is 36. The molecule has 0 heterocycles. The second-order valence-corrected chi connectivity index (χ2v) is 15.1. The van der Waals surface area contributed by atoms with Crippen molar-refractivity contribution in [3.63, 3.8) is 0 Å². The minimum absolute atomic E-state index is 0.891. The molecule has 1 heteroatoms. The lowest BCUT2D eigenvalue weighted by Crippen LogP contribution is -2.27. The Bertz CT molecular complexity index is 433. The van der Waals surface area contributed by atoms with Gasteiger partial charge in [-0.2, -0.15) is 0 Å². The highest BCUT2D eigenvalue weighted by Crippen LogP contribution is 2.16. The number of hydrogen-bond acceptors (Lipinski definition) is 1. The van der Waals surface area contributed by atoms with Crippen molar-refractivity contribution in [2.24, 2.45) is 11.8 Å². The third kappa shape index (κ3) is 36.2. The molecule has 0 aromatic heterocycles. The summed E-state index contributed by atoms with van der Waals surface area (Å²) in [5, 5.41) is 0.